The minimum atomic E-state index is -0.501. The quantitative estimate of drug-likeness (QED) is 0.455. The van der Waals surface area contributed by atoms with E-state index in [1.165, 1.54) is 18.6 Å². The van der Waals surface area contributed by atoms with E-state index >= 15 is 4.39 Å². The maximum absolute atomic E-state index is 15.3. The molecule has 0 unspecified atom stereocenters. The number of para-hydroxylation sites is 2. The van der Waals surface area contributed by atoms with Gasteiger partial charge in [0, 0.05) is 18.0 Å². The third-order valence-corrected chi connectivity index (χ3v) is 4.19. The Morgan fingerprint density at radius 2 is 1.88 bits per heavy atom. The minimum absolute atomic E-state index is 0.163. The lowest BCUT2D eigenvalue weighted by molar-refractivity contribution is 0.638. The molecule has 5 rings (SSSR count). The number of benzene rings is 1. The van der Waals surface area contributed by atoms with Gasteiger partial charge in [-0.1, -0.05) is 12.1 Å². The summed E-state index contributed by atoms with van der Waals surface area (Å²) >= 11 is 0. The van der Waals surface area contributed by atoms with Gasteiger partial charge in [-0.2, -0.15) is 5.10 Å². The molecule has 0 saturated carbocycles. The first-order valence-corrected chi connectivity index (χ1v) is 7.89. The number of nitrogens with one attached hydrogen (secondary N) is 2. The SMILES string of the molecule is Nc1cncc(-c2ncc3[nH]nc(-c4nc5ccccc5[nH]4)c3c2F)c1. The van der Waals surface area contributed by atoms with Gasteiger partial charge in [0.1, 0.15) is 11.4 Å². The first-order valence-electron chi connectivity index (χ1n) is 7.89. The van der Waals surface area contributed by atoms with E-state index in [0.717, 1.165) is 11.0 Å². The van der Waals surface area contributed by atoms with Crippen molar-refractivity contribution < 1.29 is 4.39 Å². The number of imidazole rings is 1. The molecule has 8 heteroatoms. The molecule has 4 aromatic heterocycles. The molecule has 0 aliphatic rings. The summed E-state index contributed by atoms with van der Waals surface area (Å²) in [6.07, 6.45) is 4.56. The van der Waals surface area contributed by atoms with Crippen LogP contribution in [0.4, 0.5) is 10.1 Å². The van der Waals surface area contributed by atoms with Gasteiger partial charge in [-0.05, 0) is 18.2 Å². The molecule has 5 aromatic rings. The number of anilines is 1. The number of aromatic amines is 2. The van der Waals surface area contributed by atoms with Gasteiger partial charge in [0.2, 0.25) is 0 Å². The Balaban J connectivity index is 1.75. The summed E-state index contributed by atoms with van der Waals surface area (Å²) in [6.45, 7) is 0. The number of nitrogens with zero attached hydrogens (tertiary/aromatic N) is 4. The molecule has 7 nitrogen and oxygen atoms in total. The van der Waals surface area contributed by atoms with E-state index in [-0.39, 0.29) is 5.69 Å². The molecule has 26 heavy (non-hydrogen) atoms. The molecule has 4 heterocycles. The van der Waals surface area contributed by atoms with Gasteiger partial charge in [-0.15, -0.1) is 0 Å². The van der Waals surface area contributed by atoms with Crippen LogP contribution in [0.1, 0.15) is 0 Å². The zero-order chi connectivity index (χ0) is 17.7. The standard InChI is InChI=1S/C18H12FN7/c19-15-14-13(8-22-16(15)9-5-10(20)7-21-6-9)25-26-17(14)18-23-11-3-1-2-4-12(11)24-18/h1-8H,20H2,(H,23,24)(H,25,26). The molecule has 0 bridgehead atoms. The zero-order valence-corrected chi connectivity index (χ0v) is 13.4. The fourth-order valence-electron chi connectivity index (χ4n) is 3.00. The van der Waals surface area contributed by atoms with Crippen LogP contribution in [-0.2, 0) is 0 Å². The molecule has 0 saturated heterocycles. The fourth-order valence-corrected chi connectivity index (χ4v) is 3.00. The van der Waals surface area contributed by atoms with Crippen LogP contribution in [-0.4, -0.2) is 30.1 Å². The Bertz CT molecular complexity index is 1240. The lowest BCUT2D eigenvalue weighted by Crippen LogP contribution is -1.94. The highest BCUT2D eigenvalue weighted by Gasteiger charge is 2.20. The lowest BCUT2D eigenvalue weighted by atomic mass is 10.1. The van der Waals surface area contributed by atoms with E-state index in [9.17, 15) is 0 Å². The third kappa shape index (κ3) is 2.12. The van der Waals surface area contributed by atoms with Crippen molar-refractivity contribution in [3.63, 3.8) is 0 Å². The van der Waals surface area contributed by atoms with Crippen molar-refractivity contribution in [1.29, 1.82) is 0 Å². The number of aromatic nitrogens is 6. The average molecular weight is 345 g/mol. The normalized spacial score (nSPS) is 11.4. The predicted octanol–water partition coefficient (Wildman–Crippen LogP) is 3.28. The number of hydrogen-bond acceptors (Lipinski definition) is 5. The van der Waals surface area contributed by atoms with E-state index in [2.05, 4.69) is 30.1 Å². The molecule has 0 radical (unpaired) electrons. The second-order valence-corrected chi connectivity index (χ2v) is 5.89. The third-order valence-electron chi connectivity index (χ3n) is 4.19. The largest absolute Gasteiger partial charge is 0.397 e. The van der Waals surface area contributed by atoms with Gasteiger partial charge >= 0.3 is 0 Å². The van der Waals surface area contributed by atoms with E-state index in [1.807, 2.05) is 24.3 Å². The van der Waals surface area contributed by atoms with Crippen molar-refractivity contribution in [2.24, 2.45) is 0 Å². The lowest BCUT2D eigenvalue weighted by Gasteiger charge is -2.04. The Hall–Kier alpha value is -3.81. The highest BCUT2D eigenvalue weighted by atomic mass is 19.1. The molecule has 0 amide bonds. The molecule has 0 spiro atoms. The summed E-state index contributed by atoms with van der Waals surface area (Å²) in [5, 5.41) is 7.36. The molecule has 126 valence electrons. The van der Waals surface area contributed by atoms with Crippen LogP contribution in [0.25, 0.3) is 44.7 Å². The van der Waals surface area contributed by atoms with Crippen LogP contribution >= 0.6 is 0 Å². The number of fused-ring (bicyclic) bond motifs is 2. The zero-order valence-electron chi connectivity index (χ0n) is 13.4. The van der Waals surface area contributed by atoms with Gasteiger partial charge < -0.3 is 10.7 Å². The maximum Gasteiger partial charge on any atom is 0.161 e. The smallest absolute Gasteiger partial charge is 0.161 e. The van der Waals surface area contributed by atoms with Crippen LogP contribution in [0.3, 0.4) is 0 Å². The summed E-state index contributed by atoms with van der Waals surface area (Å²) in [5.41, 5.74) is 9.38. The van der Waals surface area contributed by atoms with Gasteiger partial charge in [-0.3, -0.25) is 15.1 Å². The number of hydrogen-bond donors (Lipinski definition) is 3. The van der Waals surface area contributed by atoms with Crippen molar-refractivity contribution in [2.45, 2.75) is 0 Å². The van der Waals surface area contributed by atoms with Gasteiger partial charge in [0.05, 0.1) is 33.8 Å². The van der Waals surface area contributed by atoms with Crippen LogP contribution in [0, 0.1) is 5.82 Å². The molecule has 1 aromatic carbocycles. The number of H-pyrrole nitrogens is 2. The van der Waals surface area contributed by atoms with Gasteiger partial charge in [0.25, 0.3) is 0 Å². The Morgan fingerprint density at radius 1 is 1.00 bits per heavy atom. The predicted molar refractivity (Wildman–Crippen MR) is 96.6 cm³/mol. The Labute approximate surface area is 146 Å². The van der Waals surface area contributed by atoms with E-state index in [0.29, 0.717) is 33.7 Å². The summed E-state index contributed by atoms with van der Waals surface area (Å²) in [6, 6.07) is 9.22. The van der Waals surface area contributed by atoms with Crippen molar-refractivity contribution in [2.75, 3.05) is 5.73 Å². The molecular weight excluding hydrogens is 333 g/mol. The first kappa shape index (κ1) is 14.5. The molecule has 4 N–H and O–H groups in total. The minimum Gasteiger partial charge on any atom is -0.397 e. The Morgan fingerprint density at radius 3 is 2.73 bits per heavy atom. The topological polar surface area (TPSA) is 109 Å². The number of nitrogens with two attached hydrogens (primary N) is 1. The monoisotopic (exact) mass is 345 g/mol. The average Bonchev–Trinajstić information content (AvgIpc) is 3.26. The van der Waals surface area contributed by atoms with Crippen LogP contribution in [0.15, 0.2) is 48.9 Å². The molecular formula is C18H12FN7. The summed E-state index contributed by atoms with van der Waals surface area (Å²) in [7, 11) is 0. The van der Waals surface area contributed by atoms with Crippen LogP contribution < -0.4 is 5.73 Å². The number of halogens is 1. The van der Waals surface area contributed by atoms with Crippen molar-refractivity contribution >= 4 is 27.6 Å². The van der Waals surface area contributed by atoms with Crippen LogP contribution in [0.2, 0.25) is 0 Å². The van der Waals surface area contributed by atoms with Crippen LogP contribution in [0.5, 0.6) is 0 Å². The van der Waals surface area contributed by atoms with Gasteiger partial charge in [0.15, 0.2) is 11.6 Å². The highest BCUT2D eigenvalue weighted by molar-refractivity contribution is 5.95. The first-order chi connectivity index (χ1) is 12.7. The summed E-state index contributed by atoms with van der Waals surface area (Å²) in [4.78, 5) is 15.9. The van der Waals surface area contributed by atoms with Crippen molar-refractivity contribution in [3.05, 3.63) is 54.7 Å². The number of rotatable bonds is 2. The molecule has 0 fully saturated rings. The van der Waals surface area contributed by atoms with Crippen molar-refractivity contribution in [1.82, 2.24) is 30.1 Å². The van der Waals surface area contributed by atoms with E-state index in [4.69, 9.17) is 5.73 Å². The second-order valence-electron chi connectivity index (χ2n) is 5.89. The highest BCUT2D eigenvalue weighted by Crippen LogP contribution is 2.32. The second kappa shape index (κ2) is 5.35. The summed E-state index contributed by atoms with van der Waals surface area (Å²) < 4.78 is 15.3. The maximum atomic E-state index is 15.3. The van der Waals surface area contributed by atoms with E-state index in [1.54, 1.807) is 6.07 Å². The molecule has 0 aliphatic heterocycles. The number of pyridine rings is 2. The summed E-state index contributed by atoms with van der Waals surface area (Å²) in [5.74, 6) is -0.0155. The fraction of sp³-hybridized carbons (Fsp3) is 0. The Kier molecular flexibility index (Phi) is 2.99. The van der Waals surface area contributed by atoms with Crippen molar-refractivity contribution in [3.8, 4) is 22.8 Å². The molecule has 0 aliphatic carbocycles. The van der Waals surface area contributed by atoms with Gasteiger partial charge in [-0.25, -0.2) is 9.37 Å². The molecule has 0 atom stereocenters. The number of nitrogen functional groups attached to an aromatic ring is 1. The van der Waals surface area contributed by atoms with E-state index < -0.39 is 5.82 Å².